The number of morpholine rings is 1. The van der Waals surface area contributed by atoms with Crippen molar-refractivity contribution in [2.45, 2.75) is 64.3 Å². The lowest BCUT2D eigenvalue weighted by molar-refractivity contribution is 0.0176. The number of carbonyl (C=O) groups excluding carboxylic acids is 1. The number of pyridine rings is 1. The molecule has 13 nitrogen and oxygen atoms in total. The van der Waals surface area contributed by atoms with Crippen molar-refractivity contribution >= 4 is 33.4 Å². The van der Waals surface area contributed by atoms with Crippen LogP contribution in [0.3, 0.4) is 0 Å². The standard InChI is InChI=1S/C41H45F2N9O4/c1-2-29-32(42)5-4-24-14-27(53)17-30(34(24)29)36-35(43)37-31(18-45-36)38(47-40(46-37)56-23-41(6-7-41)22-51-20-28-15-26(51)21-55-28)50-10-3-11-52-25(19-50)16-33(48-52)39(54)49-12-8-44-9-13-49/h4-5,14,16-18,26,28,44,53H,2-3,6-13,15,19-23H2,1H3/t26-,28?/m0/s1. The van der Waals surface area contributed by atoms with Crippen LogP contribution in [-0.4, -0.2) is 117 Å². The van der Waals surface area contributed by atoms with Gasteiger partial charge in [0, 0.05) is 75.6 Å². The second-order valence-corrected chi connectivity index (χ2v) is 16.1. The van der Waals surface area contributed by atoms with Crippen LogP contribution < -0.4 is 15.0 Å². The number of hydrogen-bond donors (Lipinski definition) is 2. The molecule has 56 heavy (non-hydrogen) atoms. The van der Waals surface area contributed by atoms with Crippen LogP contribution in [0.5, 0.6) is 11.8 Å². The fraction of sp³-hybridized carbons (Fsp3) is 0.488. The molecule has 7 heterocycles. The number of carbonyl (C=O) groups is 1. The van der Waals surface area contributed by atoms with Gasteiger partial charge in [0.2, 0.25) is 0 Å². The van der Waals surface area contributed by atoms with Crippen molar-refractivity contribution in [1.29, 1.82) is 0 Å². The molecule has 1 amide bonds. The normalized spacial score (nSPS) is 21.8. The van der Waals surface area contributed by atoms with Gasteiger partial charge in [-0.05, 0) is 72.7 Å². The summed E-state index contributed by atoms with van der Waals surface area (Å²) < 4.78 is 46.6. The van der Waals surface area contributed by atoms with Crippen molar-refractivity contribution in [2.75, 3.05) is 63.9 Å². The number of halogens is 2. The number of phenolic OH excluding ortho intramolecular Hbond substituents is 1. The number of aromatic nitrogens is 5. The summed E-state index contributed by atoms with van der Waals surface area (Å²) in [5.74, 6) is -0.831. The molecule has 10 rings (SSSR count). The van der Waals surface area contributed by atoms with Crippen molar-refractivity contribution in [3.05, 3.63) is 65.1 Å². The maximum absolute atomic E-state index is 17.2. The lowest BCUT2D eigenvalue weighted by atomic mass is 9.94. The zero-order valence-corrected chi connectivity index (χ0v) is 31.4. The van der Waals surface area contributed by atoms with Gasteiger partial charge in [-0.3, -0.25) is 19.4 Å². The minimum absolute atomic E-state index is 0.0205. The number of hydrogen-bond acceptors (Lipinski definition) is 11. The Morgan fingerprint density at radius 1 is 1.11 bits per heavy atom. The van der Waals surface area contributed by atoms with E-state index in [0.29, 0.717) is 97.6 Å². The maximum atomic E-state index is 17.2. The number of rotatable bonds is 9. The SMILES string of the molecule is CCc1c(F)ccc2cc(O)cc(-c3ncc4c(N5CCCn6nc(C(=O)N7CCNCC7)cc6C5)nc(OCC5(CN6CC7C[C@H]6CO7)CC5)nc4c3F)c12. The van der Waals surface area contributed by atoms with E-state index in [1.54, 1.807) is 18.3 Å². The molecule has 4 fully saturated rings. The average molecular weight is 766 g/mol. The van der Waals surface area contributed by atoms with Crippen LogP contribution in [0.2, 0.25) is 0 Å². The summed E-state index contributed by atoms with van der Waals surface area (Å²) in [6.07, 6.45) is 6.06. The number of anilines is 1. The highest BCUT2D eigenvalue weighted by atomic mass is 19.1. The van der Waals surface area contributed by atoms with Crippen molar-refractivity contribution in [3.63, 3.8) is 0 Å². The van der Waals surface area contributed by atoms with Crippen molar-refractivity contribution in [1.82, 2.24) is 39.8 Å². The highest BCUT2D eigenvalue weighted by Crippen LogP contribution is 2.48. The molecule has 0 radical (unpaired) electrons. The van der Waals surface area contributed by atoms with E-state index >= 15 is 8.78 Å². The molecule has 5 aromatic rings. The van der Waals surface area contributed by atoms with Crippen LogP contribution in [0.25, 0.3) is 32.9 Å². The highest BCUT2D eigenvalue weighted by Gasteiger charge is 2.49. The van der Waals surface area contributed by atoms with Crippen LogP contribution in [0.15, 0.2) is 36.5 Å². The van der Waals surface area contributed by atoms with E-state index in [9.17, 15) is 9.90 Å². The van der Waals surface area contributed by atoms with Gasteiger partial charge in [-0.2, -0.15) is 15.1 Å². The van der Waals surface area contributed by atoms with Crippen LogP contribution in [0.1, 0.15) is 54.4 Å². The monoisotopic (exact) mass is 765 g/mol. The Labute approximate surface area is 322 Å². The van der Waals surface area contributed by atoms with Gasteiger partial charge in [0.1, 0.15) is 28.6 Å². The Hall–Kier alpha value is -4.99. The first kappa shape index (κ1) is 35.4. The summed E-state index contributed by atoms with van der Waals surface area (Å²) in [6, 6.07) is 8.28. The number of nitrogens with zero attached hydrogens (tertiary/aromatic N) is 8. The van der Waals surface area contributed by atoms with Gasteiger partial charge in [0.25, 0.3) is 5.91 Å². The molecule has 5 aliphatic rings. The molecule has 2 atom stereocenters. The van der Waals surface area contributed by atoms with Gasteiger partial charge in [0.15, 0.2) is 11.5 Å². The first-order valence-corrected chi connectivity index (χ1v) is 19.9. The van der Waals surface area contributed by atoms with Gasteiger partial charge in [0.05, 0.1) is 36.9 Å². The number of nitrogens with one attached hydrogen (secondary N) is 1. The average Bonchev–Trinajstić information content (AvgIpc) is 3.48. The minimum atomic E-state index is -0.716. The Morgan fingerprint density at radius 3 is 2.73 bits per heavy atom. The van der Waals surface area contributed by atoms with E-state index in [-0.39, 0.29) is 39.9 Å². The number of amides is 1. The third-order valence-corrected chi connectivity index (χ3v) is 12.4. The molecule has 4 aliphatic heterocycles. The fourth-order valence-electron chi connectivity index (χ4n) is 9.17. The Kier molecular flexibility index (Phi) is 8.78. The second-order valence-electron chi connectivity index (χ2n) is 16.1. The summed E-state index contributed by atoms with van der Waals surface area (Å²) in [4.78, 5) is 34.1. The quantitative estimate of drug-likeness (QED) is 0.217. The molecule has 0 spiro atoms. The first-order valence-electron chi connectivity index (χ1n) is 19.9. The molecule has 3 aromatic heterocycles. The Balaban J connectivity index is 1.04. The molecule has 1 aliphatic carbocycles. The van der Waals surface area contributed by atoms with Crippen LogP contribution in [0.4, 0.5) is 14.6 Å². The summed E-state index contributed by atoms with van der Waals surface area (Å²) in [5.41, 5.74) is 1.88. The summed E-state index contributed by atoms with van der Waals surface area (Å²) in [6.45, 7) is 9.17. The lowest BCUT2D eigenvalue weighted by Crippen LogP contribution is -2.46. The Morgan fingerprint density at radius 2 is 1.96 bits per heavy atom. The maximum Gasteiger partial charge on any atom is 0.319 e. The largest absolute Gasteiger partial charge is 0.508 e. The molecule has 2 N–H and O–H groups in total. The van der Waals surface area contributed by atoms with E-state index in [2.05, 4.69) is 20.1 Å². The summed E-state index contributed by atoms with van der Waals surface area (Å²) in [5, 5.41) is 20.2. The van der Waals surface area contributed by atoms with Gasteiger partial charge in [-0.25, -0.2) is 8.78 Å². The van der Waals surface area contributed by atoms with Crippen LogP contribution >= 0.6 is 0 Å². The van der Waals surface area contributed by atoms with Gasteiger partial charge in [-0.1, -0.05) is 13.0 Å². The number of piperazine rings is 1. The van der Waals surface area contributed by atoms with E-state index in [1.807, 2.05) is 22.6 Å². The number of aromatic hydroxyl groups is 1. The molecule has 292 valence electrons. The number of ether oxygens (including phenoxy) is 2. The number of likely N-dealkylation sites (tertiary alicyclic amines) is 1. The van der Waals surface area contributed by atoms with E-state index in [1.165, 1.54) is 12.1 Å². The Bertz CT molecular complexity index is 2360. The number of phenols is 1. The molecule has 2 bridgehead atoms. The van der Waals surface area contributed by atoms with Crippen LogP contribution in [0, 0.1) is 17.0 Å². The third kappa shape index (κ3) is 6.29. The molecule has 1 saturated carbocycles. The molecule has 3 saturated heterocycles. The predicted molar refractivity (Wildman–Crippen MR) is 205 cm³/mol. The van der Waals surface area contributed by atoms with Crippen LogP contribution in [-0.2, 0) is 24.2 Å². The second kappa shape index (κ2) is 13.9. The molecule has 15 heteroatoms. The smallest absolute Gasteiger partial charge is 0.319 e. The summed E-state index contributed by atoms with van der Waals surface area (Å²) >= 11 is 0. The zero-order chi connectivity index (χ0) is 38.1. The van der Waals surface area contributed by atoms with Gasteiger partial charge in [-0.15, -0.1) is 0 Å². The number of fused-ring (bicyclic) bond motifs is 5. The molecule has 2 aromatic carbocycles. The van der Waals surface area contributed by atoms with E-state index in [4.69, 9.17) is 24.5 Å². The van der Waals surface area contributed by atoms with Crippen molar-refractivity contribution < 1.29 is 28.2 Å². The number of benzene rings is 2. The fourth-order valence-corrected chi connectivity index (χ4v) is 9.17. The molecular weight excluding hydrogens is 721 g/mol. The van der Waals surface area contributed by atoms with Gasteiger partial charge >= 0.3 is 6.01 Å². The van der Waals surface area contributed by atoms with Crippen molar-refractivity contribution in [2.24, 2.45) is 5.41 Å². The topological polar surface area (TPSA) is 134 Å². The predicted octanol–water partition coefficient (Wildman–Crippen LogP) is 4.68. The van der Waals surface area contributed by atoms with Crippen molar-refractivity contribution in [3.8, 4) is 23.0 Å². The zero-order valence-electron chi connectivity index (χ0n) is 31.4. The number of aryl methyl sites for hydroxylation is 2. The first-order chi connectivity index (χ1) is 27.3. The third-order valence-electron chi connectivity index (χ3n) is 12.4. The highest BCUT2D eigenvalue weighted by molar-refractivity contribution is 6.02. The lowest BCUT2D eigenvalue weighted by Gasteiger charge is -2.30. The van der Waals surface area contributed by atoms with Gasteiger partial charge < -0.3 is 29.7 Å². The van der Waals surface area contributed by atoms with E-state index < -0.39 is 11.6 Å². The summed E-state index contributed by atoms with van der Waals surface area (Å²) in [7, 11) is 0. The molecule has 1 unspecified atom stereocenters. The minimum Gasteiger partial charge on any atom is -0.508 e. The van der Waals surface area contributed by atoms with E-state index in [0.717, 1.165) is 57.7 Å². The molecular formula is C41H45F2N9O4.